The Labute approximate surface area is 422 Å². The summed E-state index contributed by atoms with van der Waals surface area (Å²) in [5, 5.41) is 15.8. The number of aromatic nitrogens is 6. The van der Waals surface area contributed by atoms with Crippen LogP contribution in [0, 0.1) is 17.2 Å². The molecule has 1 aliphatic rings. The van der Waals surface area contributed by atoms with Gasteiger partial charge in [0.2, 0.25) is 5.95 Å². The minimum absolute atomic E-state index is 0.0507. The van der Waals surface area contributed by atoms with Gasteiger partial charge in [-0.1, -0.05) is 179 Å². The number of benzene rings is 8. The Hall–Kier alpha value is -8.45. The van der Waals surface area contributed by atoms with Gasteiger partial charge in [-0.2, -0.15) is 15.2 Å². The first-order valence-electron chi connectivity index (χ1n) is 24.9. The molecule has 0 amide bonds. The van der Waals surface area contributed by atoms with E-state index in [-0.39, 0.29) is 11.2 Å². The van der Waals surface area contributed by atoms with Crippen LogP contribution in [0.5, 0.6) is 0 Å². The highest BCUT2D eigenvalue weighted by Crippen LogP contribution is 2.46. The van der Waals surface area contributed by atoms with E-state index < -0.39 is 10.8 Å². The lowest BCUT2D eigenvalue weighted by molar-refractivity contribution is 0.626. The van der Waals surface area contributed by atoms with Crippen LogP contribution in [-0.4, -0.2) is 44.4 Å². The molecule has 0 N–H and O–H groups in total. The van der Waals surface area contributed by atoms with E-state index in [0.29, 0.717) is 17.6 Å². The van der Waals surface area contributed by atoms with Crippen molar-refractivity contribution in [3.8, 4) is 46.2 Å². The molecular formula is C63H55N7OS. The SMILES string of the molecule is CC.CC.CS(=O)C1C=CC(C#N)CC1.c1ccc(-c2nc(-c3ccccc3)nc(-n3c4ccccc4c4c3ccc3c5c(ccc6c7ccccc7n(-c7ccccc7)c65)n(-c5ccccc5)c34)n2)cc1. The zero-order valence-electron chi connectivity index (χ0n) is 41.1. The fourth-order valence-corrected chi connectivity index (χ4v) is 10.9. The molecule has 8 nitrogen and oxygen atoms in total. The second-order valence-electron chi connectivity index (χ2n) is 17.2. The van der Waals surface area contributed by atoms with Gasteiger partial charge in [-0.25, -0.2) is 4.98 Å². The highest BCUT2D eigenvalue weighted by Gasteiger charge is 2.26. The summed E-state index contributed by atoms with van der Waals surface area (Å²) in [7, 11) is -0.765. The monoisotopic (exact) mass is 957 g/mol. The summed E-state index contributed by atoms with van der Waals surface area (Å²) in [5.41, 5.74) is 10.8. The first-order valence-corrected chi connectivity index (χ1v) is 26.5. The van der Waals surface area contributed by atoms with Gasteiger partial charge in [0, 0.05) is 71.9 Å². The Morgan fingerprint density at radius 1 is 0.458 bits per heavy atom. The van der Waals surface area contributed by atoms with Gasteiger partial charge in [0.1, 0.15) is 0 Å². The summed E-state index contributed by atoms with van der Waals surface area (Å²) < 4.78 is 18.1. The molecule has 0 fully saturated rings. The number of para-hydroxylation sites is 4. The standard InChI is InChI=1S/C51H32N6.C8H11NOS.2C2H6/c1-5-17-33(18-6-1)49-52-50(34-19-7-2-8-20-34)54-51(53-49)57-42-28-16-14-26-39(42)45-44(57)32-30-40-46-43(56(48(40)45)36-23-11-4-12-24-36)31-29-38-37-25-13-15-27-41(37)55(47(38)46)35-21-9-3-10-22-35;1-11(10)8-4-2-7(6-9)3-5-8;2*1-2/h1-32H;2,4,7-8H,3,5H2,1H3;2*1-2H3. The van der Waals surface area contributed by atoms with Gasteiger partial charge >= 0.3 is 0 Å². The van der Waals surface area contributed by atoms with Crippen molar-refractivity contribution in [2.45, 2.75) is 45.8 Å². The largest absolute Gasteiger partial charge is 0.309 e. The van der Waals surface area contributed by atoms with Gasteiger partial charge in [-0.3, -0.25) is 8.78 Å². The zero-order valence-corrected chi connectivity index (χ0v) is 42.0. The van der Waals surface area contributed by atoms with Crippen molar-refractivity contribution in [3.05, 3.63) is 206 Å². The van der Waals surface area contributed by atoms with Crippen molar-refractivity contribution in [3.63, 3.8) is 0 Å². The van der Waals surface area contributed by atoms with E-state index >= 15 is 0 Å². The minimum Gasteiger partial charge on any atom is -0.309 e. The molecule has 3 unspecified atom stereocenters. The van der Waals surface area contributed by atoms with Gasteiger partial charge in [-0.15, -0.1) is 0 Å². The van der Waals surface area contributed by atoms with Crippen LogP contribution in [0.1, 0.15) is 40.5 Å². The van der Waals surface area contributed by atoms with Gasteiger partial charge in [0.25, 0.3) is 0 Å². The summed E-state index contributed by atoms with van der Waals surface area (Å²) in [6.45, 7) is 8.00. The smallest absolute Gasteiger partial charge is 0.238 e. The first-order chi connectivity index (χ1) is 35.6. The number of hydrogen-bond acceptors (Lipinski definition) is 5. The number of nitrogens with zero attached hydrogens (tertiary/aromatic N) is 7. The topological polar surface area (TPSA) is 94.3 Å². The maximum atomic E-state index is 11.0. The Morgan fingerprint density at radius 2 is 0.903 bits per heavy atom. The summed E-state index contributed by atoms with van der Waals surface area (Å²) in [6, 6.07) is 70.5. The van der Waals surface area contributed by atoms with Crippen LogP contribution >= 0.6 is 0 Å². The molecule has 4 heterocycles. The lowest BCUT2D eigenvalue weighted by Gasteiger charge is -2.15. The van der Waals surface area contributed by atoms with Crippen molar-refractivity contribution in [1.29, 1.82) is 5.26 Å². The van der Waals surface area contributed by atoms with Crippen molar-refractivity contribution in [2.24, 2.45) is 5.92 Å². The number of rotatable bonds is 6. The molecule has 8 aromatic carbocycles. The summed E-state index contributed by atoms with van der Waals surface area (Å²) >= 11 is 0. The molecular weight excluding hydrogens is 903 g/mol. The predicted molar refractivity (Wildman–Crippen MR) is 302 cm³/mol. The van der Waals surface area contributed by atoms with Gasteiger partial charge < -0.3 is 9.13 Å². The highest BCUT2D eigenvalue weighted by molar-refractivity contribution is 7.85. The van der Waals surface area contributed by atoms with Crippen molar-refractivity contribution in [2.75, 3.05) is 6.26 Å². The molecule has 0 aliphatic heterocycles. The van der Waals surface area contributed by atoms with E-state index in [1.165, 1.54) is 32.6 Å². The molecule has 354 valence electrons. The summed E-state index contributed by atoms with van der Waals surface area (Å²) in [4.78, 5) is 15.4. The van der Waals surface area contributed by atoms with Crippen LogP contribution in [0.2, 0.25) is 0 Å². The highest BCUT2D eigenvalue weighted by atomic mass is 32.2. The zero-order chi connectivity index (χ0) is 49.7. The second-order valence-corrected chi connectivity index (χ2v) is 18.8. The molecule has 13 rings (SSSR count). The molecule has 0 spiro atoms. The molecule has 12 aromatic rings. The van der Waals surface area contributed by atoms with Gasteiger partial charge in [0.15, 0.2) is 11.6 Å². The van der Waals surface area contributed by atoms with E-state index in [0.717, 1.165) is 68.2 Å². The molecule has 0 radical (unpaired) electrons. The third-order valence-electron chi connectivity index (χ3n) is 13.2. The third kappa shape index (κ3) is 8.44. The molecule has 0 bridgehead atoms. The number of allylic oxidation sites excluding steroid dienone is 1. The minimum atomic E-state index is -0.765. The molecule has 9 heteroatoms. The molecule has 1 aliphatic carbocycles. The summed E-state index contributed by atoms with van der Waals surface area (Å²) in [5.74, 6) is 1.87. The summed E-state index contributed by atoms with van der Waals surface area (Å²) in [6.07, 6.45) is 7.24. The Morgan fingerprint density at radius 3 is 1.43 bits per heavy atom. The van der Waals surface area contributed by atoms with E-state index in [4.69, 9.17) is 20.2 Å². The normalized spacial score (nSPS) is 14.6. The van der Waals surface area contributed by atoms with Gasteiger partial charge in [-0.05, 0) is 67.4 Å². The van der Waals surface area contributed by atoms with Crippen LogP contribution in [0.25, 0.3) is 106 Å². The third-order valence-corrected chi connectivity index (χ3v) is 14.4. The average molecular weight is 958 g/mol. The maximum absolute atomic E-state index is 11.0. The quantitative estimate of drug-likeness (QED) is 0.155. The lowest BCUT2D eigenvalue weighted by atomic mass is 9.97. The van der Waals surface area contributed by atoms with Crippen LogP contribution in [0.3, 0.4) is 0 Å². The second kappa shape index (κ2) is 20.9. The number of fused-ring (bicyclic) bond motifs is 11. The van der Waals surface area contributed by atoms with Crippen LogP contribution < -0.4 is 0 Å². The molecule has 4 aromatic heterocycles. The van der Waals surface area contributed by atoms with Crippen molar-refractivity contribution in [1.82, 2.24) is 28.7 Å². The molecule has 3 atom stereocenters. The van der Waals surface area contributed by atoms with Crippen molar-refractivity contribution < 1.29 is 4.21 Å². The lowest BCUT2D eigenvalue weighted by Crippen LogP contribution is -2.16. The van der Waals surface area contributed by atoms with Crippen LogP contribution in [-0.2, 0) is 10.8 Å². The molecule has 0 saturated heterocycles. The molecule has 0 saturated carbocycles. The number of nitriles is 1. The fraction of sp³-hybridized carbons (Fsp3) is 0.143. The van der Waals surface area contributed by atoms with Crippen LogP contribution in [0.4, 0.5) is 0 Å². The Balaban J connectivity index is 0.000000349. The van der Waals surface area contributed by atoms with Crippen molar-refractivity contribution >= 4 is 76.2 Å². The predicted octanol–water partition coefficient (Wildman–Crippen LogP) is 15.8. The number of hydrogen-bond donors (Lipinski definition) is 0. The fourth-order valence-electron chi connectivity index (χ4n) is 10.1. The van der Waals surface area contributed by atoms with E-state index in [1.807, 2.05) is 76.2 Å². The van der Waals surface area contributed by atoms with E-state index in [9.17, 15) is 4.21 Å². The Kier molecular flexibility index (Phi) is 13.7. The Bertz CT molecular complexity index is 3910. The van der Waals surface area contributed by atoms with E-state index in [1.54, 1.807) is 6.26 Å². The van der Waals surface area contributed by atoms with E-state index in [2.05, 4.69) is 177 Å². The van der Waals surface area contributed by atoms with Gasteiger partial charge in [0.05, 0.1) is 50.3 Å². The average Bonchev–Trinajstić information content (AvgIpc) is 4.11. The van der Waals surface area contributed by atoms with Crippen LogP contribution in [0.15, 0.2) is 206 Å². The maximum Gasteiger partial charge on any atom is 0.238 e. The molecule has 72 heavy (non-hydrogen) atoms. The first kappa shape index (κ1) is 47.2.